The van der Waals surface area contributed by atoms with Gasteiger partial charge in [-0.3, -0.25) is 4.79 Å². The second-order valence-electron chi connectivity index (χ2n) is 4.41. The summed E-state index contributed by atoms with van der Waals surface area (Å²) in [5, 5.41) is 8.86. The van der Waals surface area contributed by atoms with Crippen LogP contribution in [0.5, 0.6) is 0 Å². The fraction of sp³-hybridized carbons (Fsp3) is 0.600. The molecule has 1 aliphatic rings. The van der Waals surface area contributed by atoms with Gasteiger partial charge in [0.25, 0.3) is 0 Å². The Kier molecular flexibility index (Phi) is 3.76. The average molecular weight is 289 g/mol. The third-order valence-corrected chi connectivity index (χ3v) is 4.46. The van der Waals surface area contributed by atoms with Crippen molar-refractivity contribution >= 4 is 22.2 Å². The number of nitrogens with one attached hydrogen (secondary N) is 1. The number of anilines is 1. The molecule has 2 N–H and O–H groups in total. The molecule has 0 unspecified atom stereocenters. The maximum absolute atomic E-state index is 12.0. The molecule has 1 fully saturated rings. The number of nitrogens with zero attached hydrogens (tertiary/aromatic N) is 2. The van der Waals surface area contributed by atoms with Crippen LogP contribution in [-0.2, 0) is 15.0 Å². The number of hydrogen-bond acceptors (Lipinski definition) is 5. The smallest absolute Gasteiger partial charge is 0.309 e. The van der Waals surface area contributed by atoms with E-state index in [2.05, 4.69) is 9.71 Å². The summed E-state index contributed by atoms with van der Waals surface area (Å²) in [7, 11) is -3.74. The first-order chi connectivity index (χ1) is 8.88. The lowest BCUT2D eigenvalue weighted by Gasteiger charge is -2.28. The number of aryl methyl sites for hydroxylation is 1. The zero-order valence-corrected chi connectivity index (χ0v) is 11.2. The molecule has 1 aromatic heterocycles. The van der Waals surface area contributed by atoms with E-state index in [1.165, 1.54) is 10.6 Å². The van der Waals surface area contributed by atoms with Crippen LogP contribution in [0, 0.1) is 12.8 Å². The van der Waals surface area contributed by atoms with Gasteiger partial charge >= 0.3 is 22.2 Å². The second kappa shape index (κ2) is 5.17. The van der Waals surface area contributed by atoms with Gasteiger partial charge in [-0.05, 0) is 19.8 Å². The molecule has 9 heteroatoms. The zero-order chi connectivity index (χ0) is 14.0. The van der Waals surface area contributed by atoms with Gasteiger partial charge in [0.2, 0.25) is 0 Å². The molecule has 0 bridgehead atoms. The molecule has 1 aliphatic heterocycles. The molecule has 0 aliphatic carbocycles. The molecule has 0 atom stereocenters. The Balaban J connectivity index is 1.99. The summed E-state index contributed by atoms with van der Waals surface area (Å²) in [5.41, 5.74) is 0.572. The monoisotopic (exact) mass is 289 g/mol. The van der Waals surface area contributed by atoms with Gasteiger partial charge in [0, 0.05) is 13.1 Å². The van der Waals surface area contributed by atoms with Crippen molar-refractivity contribution in [2.45, 2.75) is 19.8 Å². The van der Waals surface area contributed by atoms with Crippen molar-refractivity contribution in [3.63, 3.8) is 0 Å². The second-order valence-corrected chi connectivity index (χ2v) is 6.08. The minimum Gasteiger partial charge on any atom is -0.481 e. The van der Waals surface area contributed by atoms with Gasteiger partial charge in [0.15, 0.2) is 0 Å². The fourth-order valence-electron chi connectivity index (χ4n) is 1.92. The number of hydrogen-bond donors (Lipinski definition) is 2. The topological polar surface area (TPSA) is 113 Å². The number of aliphatic carboxylic acids is 1. The van der Waals surface area contributed by atoms with E-state index in [9.17, 15) is 13.2 Å². The standard InChI is InChI=1S/C10H15N3O5S/c1-7-6-18-10(11-7)12-19(16,17)13-4-2-8(3-5-13)9(14)15/h6,8H,2-5H2,1H3,(H,11,12)(H,14,15). The van der Waals surface area contributed by atoms with Crippen molar-refractivity contribution in [3.05, 3.63) is 12.0 Å². The van der Waals surface area contributed by atoms with Crippen LogP contribution in [-0.4, -0.2) is 41.9 Å². The normalized spacial score (nSPS) is 18.4. The Morgan fingerprint density at radius 3 is 2.63 bits per heavy atom. The maximum Gasteiger partial charge on any atom is 0.309 e. The third-order valence-electron chi connectivity index (χ3n) is 2.98. The van der Waals surface area contributed by atoms with E-state index in [4.69, 9.17) is 9.52 Å². The quantitative estimate of drug-likeness (QED) is 0.831. The zero-order valence-electron chi connectivity index (χ0n) is 10.4. The SMILES string of the molecule is Cc1coc(NS(=O)(=O)N2CCC(C(=O)O)CC2)n1. The van der Waals surface area contributed by atoms with Gasteiger partial charge in [-0.25, -0.2) is 4.72 Å². The molecule has 106 valence electrons. The van der Waals surface area contributed by atoms with Crippen LogP contribution in [0.15, 0.2) is 10.7 Å². The van der Waals surface area contributed by atoms with Gasteiger partial charge in [0.05, 0.1) is 11.6 Å². The van der Waals surface area contributed by atoms with Crippen LogP contribution in [0.3, 0.4) is 0 Å². The molecule has 1 saturated heterocycles. The molecule has 0 radical (unpaired) electrons. The van der Waals surface area contributed by atoms with Gasteiger partial charge in [-0.2, -0.15) is 17.7 Å². The molecule has 2 heterocycles. The first-order valence-electron chi connectivity index (χ1n) is 5.81. The van der Waals surface area contributed by atoms with E-state index in [-0.39, 0.29) is 19.1 Å². The highest BCUT2D eigenvalue weighted by molar-refractivity contribution is 7.90. The van der Waals surface area contributed by atoms with Crippen LogP contribution >= 0.6 is 0 Å². The van der Waals surface area contributed by atoms with Gasteiger partial charge in [-0.1, -0.05) is 0 Å². The Bertz CT molecular complexity index is 559. The molecule has 1 aromatic rings. The molecule has 8 nitrogen and oxygen atoms in total. The summed E-state index contributed by atoms with van der Waals surface area (Å²) in [6, 6.07) is -0.0853. The number of piperidine rings is 1. The van der Waals surface area contributed by atoms with E-state index in [1.54, 1.807) is 6.92 Å². The Hall–Kier alpha value is -1.61. The van der Waals surface area contributed by atoms with Crippen molar-refractivity contribution < 1.29 is 22.7 Å². The number of carbonyl (C=O) groups is 1. The Labute approximate surface area is 110 Å². The van der Waals surface area contributed by atoms with Crippen molar-refractivity contribution in [2.75, 3.05) is 17.8 Å². The van der Waals surface area contributed by atoms with Crippen LogP contribution < -0.4 is 4.72 Å². The van der Waals surface area contributed by atoms with E-state index in [0.29, 0.717) is 18.5 Å². The largest absolute Gasteiger partial charge is 0.481 e. The minimum absolute atomic E-state index is 0.0853. The summed E-state index contributed by atoms with van der Waals surface area (Å²) in [5.74, 6) is -1.36. The predicted octanol–water partition coefficient (Wildman–Crippen LogP) is 0.436. The lowest BCUT2D eigenvalue weighted by atomic mass is 9.99. The highest BCUT2D eigenvalue weighted by Crippen LogP contribution is 2.20. The summed E-state index contributed by atoms with van der Waals surface area (Å²) in [6.07, 6.45) is 1.95. The Morgan fingerprint density at radius 1 is 1.53 bits per heavy atom. The predicted molar refractivity (Wildman–Crippen MR) is 65.7 cm³/mol. The lowest BCUT2D eigenvalue weighted by molar-refractivity contribution is -0.142. The van der Waals surface area contributed by atoms with Gasteiger partial charge in [0.1, 0.15) is 6.26 Å². The first kappa shape index (κ1) is 13.8. The summed E-state index contributed by atoms with van der Waals surface area (Å²) < 4.78 is 32.4. The minimum atomic E-state index is -3.74. The molecular weight excluding hydrogens is 274 g/mol. The van der Waals surface area contributed by atoms with Crippen LogP contribution in [0.4, 0.5) is 6.01 Å². The van der Waals surface area contributed by atoms with Gasteiger partial charge < -0.3 is 9.52 Å². The first-order valence-corrected chi connectivity index (χ1v) is 7.25. The molecule has 0 amide bonds. The van der Waals surface area contributed by atoms with E-state index in [0.717, 1.165) is 0 Å². The van der Waals surface area contributed by atoms with Crippen LogP contribution in [0.25, 0.3) is 0 Å². The van der Waals surface area contributed by atoms with Crippen LogP contribution in [0.2, 0.25) is 0 Å². The van der Waals surface area contributed by atoms with Crippen LogP contribution in [0.1, 0.15) is 18.5 Å². The number of carboxylic acids is 1. The average Bonchev–Trinajstić information content (AvgIpc) is 2.74. The van der Waals surface area contributed by atoms with Crippen molar-refractivity contribution in [3.8, 4) is 0 Å². The molecule has 19 heavy (non-hydrogen) atoms. The highest BCUT2D eigenvalue weighted by Gasteiger charge is 2.31. The van der Waals surface area contributed by atoms with Gasteiger partial charge in [-0.15, -0.1) is 0 Å². The molecule has 2 rings (SSSR count). The number of rotatable bonds is 4. The molecule has 0 spiro atoms. The number of aromatic nitrogens is 1. The third kappa shape index (κ3) is 3.24. The molecular formula is C10H15N3O5S. The highest BCUT2D eigenvalue weighted by atomic mass is 32.2. The summed E-state index contributed by atoms with van der Waals surface area (Å²) >= 11 is 0. The van der Waals surface area contributed by atoms with E-state index in [1.807, 2.05) is 0 Å². The maximum atomic E-state index is 12.0. The number of oxazole rings is 1. The van der Waals surface area contributed by atoms with Crippen molar-refractivity contribution in [1.82, 2.24) is 9.29 Å². The summed E-state index contributed by atoms with van der Waals surface area (Å²) in [4.78, 5) is 14.7. The molecule has 0 saturated carbocycles. The summed E-state index contributed by atoms with van der Waals surface area (Å²) in [6.45, 7) is 2.03. The Morgan fingerprint density at radius 2 is 2.16 bits per heavy atom. The molecule has 0 aromatic carbocycles. The van der Waals surface area contributed by atoms with E-state index < -0.39 is 22.1 Å². The number of carboxylic acid groups (broad SMARTS) is 1. The lowest BCUT2D eigenvalue weighted by Crippen LogP contribution is -2.43. The fourth-order valence-corrected chi connectivity index (χ4v) is 3.05. The van der Waals surface area contributed by atoms with Crippen molar-refractivity contribution in [1.29, 1.82) is 0 Å². The van der Waals surface area contributed by atoms with Crippen molar-refractivity contribution in [2.24, 2.45) is 5.92 Å². The van der Waals surface area contributed by atoms with E-state index >= 15 is 0 Å².